The van der Waals surface area contributed by atoms with Crippen molar-refractivity contribution in [3.8, 4) is 0 Å². The Morgan fingerprint density at radius 2 is 1.00 bits per heavy atom. The van der Waals surface area contributed by atoms with Crippen molar-refractivity contribution in [2.45, 2.75) is 0 Å². The Morgan fingerprint density at radius 1 is 1.00 bits per heavy atom. The fraction of sp³-hybridized carbons (Fsp3) is 0. The minimum atomic E-state index is 0. The monoisotopic (exact) mass is 276 g/mol. The van der Waals surface area contributed by atoms with Gasteiger partial charge >= 0.3 is 0 Å². The van der Waals surface area contributed by atoms with Gasteiger partial charge in [0, 0.05) is 13.5 Å². The van der Waals surface area contributed by atoms with E-state index < -0.39 is 0 Å². The molecule has 0 aliphatic carbocycles. The van der Waals surface area contributed by atoms with Crippen molar-refractivity contribution in [1.29, 1.82) is 0 Å². The van der Waals surface area contributed by atoms with E-state index in [9.17, 15) is 0 Å². The molecule has 4 heavy (non-hydrogen) atoms. The molecule has 0 aromatic rings. The van der Waals surface area contributed by atoms with E-state index in [4.69, 9.17) is 0 Å². The van der Waals surface area contributed by atoms with Crippen LogP contribution in [0.1, 0.15) is 0 Å². The Bertz CT molecular complexity index is 8.00. The smallest absolute Gasteiger partial charge is 0 e. The zero-order valence-corrected chi connectivity index (χ0v) is 7.31. The molecule has 0 aliphatic rings. The van der Waals surface area contributed by atoms with Crippen LogP contribution in [0, 0.1) is 0 Å². The van der Waals surface area contributed by atoms with Gasteiger partial charge < -0.3 is 0 Å². The van der Waals surface area contributed by atoms with E-state index in [0.29, 0.717) is 0 Å². The summed E-state index contributed by atoms with van der Waals surface area (Å²) in [6, 6.07) is 0. The predicted octanol–water partition coefficient (Wildman–Crippen LogP) is 2.27. The first-order valence-corrected chi connectivity index (χ1v) is 0. The third-order valence-corrected chi connectivity index (χ3v) is 0. The van der Waals surface area contributed by atoms with Crippen molar-refractivity contribution in [2.75, 3.05) is 0 Å². The standard InChI is InChI=1S/BrH.ClH.HI.S/h3*1H;. The van der Waals surface area contributed by atoms with Gasteiger partial charge in [-0.2, -0.15) is 0 Å². The fourth-order valence-corrected chi connectivity index (χ4v) is 0. The molecule has 0 aromatic heterocycles. The number of hydrogen-bond donors (Lipinski definition) is 0. The zero-order valence-electron chi connectivity index (χ0n) is 1.63. The van der Waals surface area contributed by atoms with E-state index in [0.717, 1.165) is 0 Å². The first-order chi connectivity index (χ1) is 0. The molecule has 0 heterocycles. The van der Waals surface area contributed by atoms with Crippen molar-refractivity contribution in [3.63, 3.8) is 0 Å². The lowest BCUT2D eigenvalue weighted by molar-refractivity contribution is 5.85. The van der Waals surface area contributed by atoms with E-state index in [1.165, 1.54) is 0 Å². The van der Waals surface area contributed by atoms with Crippen LogP contribution in [0.25, 0.3) is 0 Å². The average molecular weight is 277 g/mol. The van der Waals surface area contributed by atoms with Gasteiger partial charge in [-0.3, -0.25) is 0 Å². The van der Waals surface area contributed by atoms with E-state index in [1.807, 2.05) is 0 Å². The normalized spacial score (nSPS) is 0. The minimum Gasteiger partial charge on any atom is -0.147 e. The molecule has 0 atom stereocenters. The summed E-state index contributed by atoms with van der Waals surface area (Å²) in [5.74, 6) is 0. The molecule has 30 valence electrons. The topological polar surface area (TPSA) is 0 Å². The highest BCUT2D eigenvalue weighted by atomic mass is 127. The van der Waals surface area contributed by atoms with Crippen LogP contribution in [0.3, 0.4) is 0 Å². The Hall–Kier alpha value is 1.85. The SMILES string of the molecule is Br.Cl.I.[S]. The molecule has 0 amide bonds. The summed E-state index contributed by atoms with van der Waals surface area (Å²) in [5.41, 5.74) is 0. The molecule has 0 nitrogen and oxygen atoms in total. The average Bonchev–Trinajstić information content (AvgIpc) is 0. The van der Waals surface area contributed by atoms with Crippen LogP contribution in [-0.2, 0) is 0 Å². The van der Waals surface area contributed by atoms with Crippen molar-refractivity contribution in [1.82, 2.24) is 0 Å². The molecular formula is H3BrClIS. The van der Waals surface area contributed by atoms with Crippen LogP contribution >= 0.6 is 66.9 Å². The van der Waals surface area contributed by atoms with Crippen molar-refractivity contribution in [2.24, 2.45) is 0 Å². The molecule has 0 aliphatic heterocycles. The van der Waals surface area contributed by atoms with E-state index in [2.05, 4.69) is 0 Å². The quantitative estimate of drug-likeness (QED) is 0.596. The summed E-state index contributed by atoms with van der Waals surface area (Å²) < 4.78 is 0. The second-order valence-electron chi connectivity index (χ2n) is 0. The first-order valence-electron chi connectivity index (χ1n) is 0. The van der Waals surface area contributed by atoms with Crippen LogP contribution in [0.15, 0.2) is 0 Å². The Balaban J connectivity index is 0. The van der Waals surface area contributed by atoms with Gasteiger partial charge in [-0.05, 0) is 0 Å². The third-order valence-electron chi connectivity index (χ3n) is 0. The van der Waals surface area contributed by atoms with Crippen LogP contribution < -0.4 is 0 Å². The minimum absolute atomic E-state index is 0. The van der Waals surface area contributed by atoms with Crippen LogP contribution in [0.2, 0.25) is 0 Å². The molecule has 0 spiro atoms. The van der Waals surface area contributed by atoms with Crippen LogP contribution in [0.5, 0.6) is 0 Å². The second-order valence-corrected chi connectivity index (χ2v) is 0. The maximum absolute atomic E-state index is 0. The molecule has 0 unspecified atom stereocenters. The highest BCUT2D eigenvalue weighted by Gasteiger charge is 0.0000253. The third kappa shape index (κ3) is 9.14. The van der Waals surface area contributed by atoms with Gasteiger partial charge in [-0.1, -0.05) is 0 Å². The zero-order chi connectivity index (χ0) is 0. The highest BCUT2D eigenvalue weighted by Crippen LogP contribution is 0.886. The summed E-state index contributed by atoms with van der Waals surface area (Å²) in [6.45, 7) is 0. The number of halogens is 3. The van der Waals surface area contributed by atoms with E-state index in [-0.39, 0.29) is 66.9 Å². The summed E-state index contributed by atoms with van der Waals surface area (Å²) in [6.07, 6.45) is 0. The molecule has 2 radical (unpaired) electrons. The molecule has 0 saturated heterocycles. The van der Waals surface area contributed by atoms with Gasteiger partial charge in [0.2, 0.25) is 0 Å². The van der Waals surface area contributed by atoms with Gasteiger partial charge in [-0.15, -0.1) is 53.4 Å². The van der Waals surface area contributed by atoms with Crippen LogP contribution in [-0.4, -0.2) is 0 Å². The predicted molar refractivity (Wildman–Crippen MR) is 40.6 cm³/mol. The molecule has 4 heteroatoms. The molecule has 0 aromatic carbocycles. The van der Waals surface area contributed by atoms with Crippen molar-refractivity contribution < 1.29 is 0 Å². The van der Waals surface area contributed by atoms with E-state index >= 15 is 0 Å². The fourth-order valence-electron chi connectivity index (χ4n) is 0. The Labute approximate surface area is 66.4 Å². The van der Waals surface area contributed by atoms with Crippen LogP contribution in [0.4, 0.5) is 0 Å². The number of rotatable bonds is 0. The molecule has 0 bridgehead atoms. The summed E-state index contributed by atoms with van der Waals surface area (Å²) in [5, 5.41) is 0. The Kier molecular flexibility index (Phi) is 211. The summed E-state index contributed by atoms with van der Waals surface area (Å²) >= 11 is 0. The second kappa shape index (κ2) is 21.0. The van der Waals surface area contributed by atoms with Crippen molar-refractivity contribution >= 4 is 66.9 Å². The highest BCUT2D eigenvalue weighted by molar-refractivity contribution is 14.0. The lowest BCUT2D eigenvalue weighted by Gasteiger charge is -0.147. The number of hydrogen-bond acceptors (Lipinski definition) is 0. The first kappa shape index (κ1) is 40.2. The van der Waals surface area contributed by atoms with Crippen molar-refractivity contribution in [3.05, 3.63) is 0 Å². The molecule has 0 saturated carbocycles. The lowest BCUT2D eigenvalue weighted by Crippen LogP contribution is 0.648. The summed E-state index contributed by atoms with van der Waals surface area (Å²) in [4.78, 5) is 0. The largest absolute Gasteiger partial charge is 0.147 e. The molecule has 0 rings (SSSR count). The molecule has 0 fully saturated rings. The van der Waals surface area contributed by atoms with Gasteiger partial charge in [0.05, 0.1) is 0 Å². The Morgan fingerprint density at radius 3 is 1.00 bits per heavy atom. The van der Waals surface area contributed by atoms with Gasteiger partial charge in [0.15, 0.2) is 0 Å². The lowest BCUT2D eigenvalue weighted by atomic mass is 32.1. The van der Waals surface area contributed by atoms with Gasteiger partial charge in [0.1, 0.15) is 0 Å². The van der Waals surface area contributed by atoms with Gasteiger partial charge in [-0.25, -0.2) is 0 Å². The summed E-state index contributed by atoms with van der Waals surface area (Å²) in [7, 11) is 0. The van der Waals surface area contributed by atoms with E-state index in [1.54, 1.807) is 0 Å². The van der Waals surface area contributed by atoms with Gasteiger partial charge in [0.25, 0.3) is 0 Å². The molecular weight excluding hydrogens is 274 g/mol. The maximum Gasteiger partial charge on any atom is 0 e. The molecule has 0 N–H and O–H groups in total. The maximum atomic E-state index is 0.